The van der Waals surface area contributed by atoms with E-state index in [1.54, 1.807) is 34.6 Å². The van der Waals surface area contributed by atoms with Gasteiger partial charge in [0.2, 0.25) is 11.8 Å². The van der Waals surface area contributed by atoms with Crippen LogP contribution in [-0.4, -0.2) is 69.8 Å². The SMILES string of the molecule is CCOC(=O)CC[S+]([O-])C=C(C)C1C(NC(=O)Cc2ccccc2CC)C(=O)N1CC(=O)OC(C)(C)C. The van der Waals surface area contributed by atoms with Gasteiger partial charge in [-0.2, -0.15) is 0 Å². The van der Waals surface area contributed by atoms with Crippen LogP contribution in [0, 0.1) is 0 Å². The van der Waals surface area contributed by atoms with Crippen molar-refractivity contribution in [3.8, 4) is 0 Å². The molecule has 1 saturated heterocycles. The number of nitrogens with one attached hydrogen (secondary N) is 1. The maximum Gasteiger partial charge on any atom is 0.326 e. The molecule has 37 heavy (non-hydrogen) atoms. The maximum absolute atomic E-state index is 13.0. The van der Waals surface area contributed by atoms with Gasteiger partial charge in [0.15, 0.2) is 0 Å². The molecule has 1 aliphatic rings. The average Bonchev–Trinajstić information content (AvgIpc) is 2.80. The number of aryl methyl sites for hydroxylation is 1. The van der Waals surface area contributed by atoms with Gasteiger partial charge in [0.25, 0.3) is 0 Å². The molecule has 1 aromatic rings. The van der Waals surface area contributed by atoms with Crippen molar-refractivity contribution < 1.29 is 33.2 Å². The summed E-state index contributed by atoms with van der Waals surface area (Å²) in [6, 6.07) is 6.04. The van der Waals surface area contributed by atoms with Crippen molar-refractivity contribution in [1.82, 2.24) is 10.2 Å². The number of ether oxygens (including phenoxy) is 2. The summed E-state index contributed by atoms with van der Waals surface area (Å²) in [7, 11) is 0. The number of benzene rings is 1. The quantitative estimate of drug-likeness (QED) is 0.248. The average molecular weight is 535 g/mol. The Morgan fingerprint density at radius 1 is 1.14 bits per heavy atom. The van der Waals surface area contributed by atoms with Crippen molar-refractivity contribution in [3.63, 3.8) is 0 Å². The molecule has 0 radical (unpaired) electrons. The summed E-state index contributed by atoms with van der Waals surface area (Å²) in [6.45, 7) is 10.5. The third-order valence-corrected chi connectivity index (χ3v) is 6.92. The number of nitrogens with zero attached hydrogens (tertiary/aromatic N) is 1. The minimum absolute atomic E-state index is 0.00749. The number of hydrogen-bond donors (Lipinski definition) is 1. The Balaban J connectivity index is 2.17. The summed E-state index contributed by atoms with van der Waals surface area (Å²) in [6.07, 6.45) is 0.880. The molecule has 2 amide bonds. The molecule has 0 saturated carbocycles. The van der Waals surface area contributed by atoms with Crippen LogP contribution in [-0.2, 0) is 52.7 Å². The topological polar surface area (TPSA) is 125 Å². The highest BCUT2D eigenvalue weighted by molar-refractivity contribution is 7.94. The Morgan fingerprint density at radius 2 is 1.78 bits per heavy atom. The van der Waals surface area contributed by atoms with E-state index in [9.17, 15) is 23.7 Å². The van der Waals surface area contributed by atoms with E-state index < -0.39 is 46.7 Å². The molecule has 0 spiro atoms. The van der Waals surface area contributed by atoms with Crippen LogP contribution in [0.15, 0.2) is 35.2 Å². The van der Waals surface area contributed by atoms with Crippen LogP contribution in [0.4, 0.5) is 0 Å². The first-order valence-electron chi connectivity index (χ1n) is 12.5. The van der Waals surface area contributed by atoms with Crippen LogP contribution in [0.2, 0.25) is 0 Å². The van der Waals surface area contributed by atoms with Gasteiger partial charge in [0, 0.05) is 0 Å². The molecule has 2 rings (SSSR count). The van der Waals surface area contributed by atoms with Gasteiger partial charge in [0.05, 0.1) is 25.5 Å². The number of esters is 2. The molecule has 1 N–H and O–H groups in total. The Hall–Kier alpha value is -2.85. The van der Waals surface area contributed by atoms with E-state index >= 15 is 0 Å². The lowest BCUT2D eigenvalue weighted by Gasteiger charge is -2.47. The molecule has 1 aromatic carbocycles. The summed E-state index contributed by atoms with van der Waals surface area (Å²) >= 11 is -1.51. The van der Waals surface area contributed by atoms with Gasteiger partial charge >= 0.3 is 11.9 Å². The lowest BCUT2D eigenvalue weighted by atomic mass is 9.89. The van der Waals surface area contributed by atoms with E-state index in [1.807, 2.05) is 31.2 Å². The number of amides is 2. The summed E-state index contributed by atoms with van der Waals surface area (Å²) < 4.78 is 22.8. The van der Waals surface area contributed by atoms with E-state index in [-0.39, 0.29) is 37.7 Å². The normalized spacial score (nSPS) is 18.6. The summed E-state index contributed by atoms with van der Waals surface area (Å²) in [5.41, 5.74) is 1.75. The number of hydrogen-bond acceptors (Lipinski definition) is 7. The zero-order valence-electron chi connectivity index (χ0n) is 22.5. The lowest BCUT2D eigenvalue weighted by Crippen LogP contribution is -2.72. The number of rotatable bonds is 12. The predicted octanol–water partition coefficient (Wildman–Crippen LogP) is 2.43. The van der Waals surface area contributed by atoms with Crippen molar-refractivity contribution >= 4 is 34.9 Å². The summed E-state index contributed by atoms with van der Waals surface area (Å²) in [5, 5.41) is 4.25. The van der Waals surface area contributed by atoms with Gasteiger partial charge in [-0.05, 0) is 68.9 Å². The highest BCUT2D eigenvalue weighted by atomic mass is 32.2. The van der Waals surface area contributed by atoms with Gasteiger partial charge in [-0.3, -0.25) is 19.2 Å². The molecule has 3 atom stereocenters. The van der Waals surface area contributed by atoms with Crippen molar-refractivity contribution in [3.05, 3.63) is 46.4 Å². The fourth-order valence-corrected chi connectivity index (χ4v) is 5.15. The Labute approximate surface area is 222 Å². The second-order valence-electron chi connectivity index (χ2n) is 9.84. The molecule has 0 aromatic heterocycles. The monoisotopic (exact) mass is 534 g/mol. The smallest absolute Gasteiger partial charge is 0.326 e. The molecular weight excluding hydrogens is 496 g/mol. The van der Waals surface area contributed by atoms with Crippen molar-refractivity contribution in [2.75, 3.05) is 18.9 Å². The van der Waals surface area contributed by atoms with Crippen molar-refractivity contribution in [1.29, 1.82) is 0 Å². The van der Waals surface area contributed by atoms with Crippen LogP contribution < -0.4 is 5.32 Å². The van der Waals surface area contributed by atoms with E-state index in [0.717, 1.165) is 17.5 Å². The van der Waals surface area contributed by atoms with Crippen LogP contribution in [0.25, 0.3) is 0 Å². The maximum atomic E-state index is 13.0. The first-order chi connectivity index (χ1) is 17.4. The van der Waals surface area contributed by atoms with Gasteiger partial charge in [-0.25, -0.2) is 0 Å². The molecule has 204 valence electrons. The Morgan fingerprint density at radius 3 is 2.38 bits per heavy atom. The minimum Gasteiger partial charge on any atom is -0.612 e. The van der Waals surface area contributed by atoms with Crippen LogP contribution >= 0.6 is 0 Å². The predicted molar refractivity (Wildman–Crippen MR) is 141 cm³/mol. The number of carbonyl (C=O) groups excluding carboxylic acids is 4. The third kappa shape index (κ3) is 9.19. The van der Waals surface area contributed by atoms with Crippen LogP contribution in [0.5, 0.6) is 0 Å². The van der Waals surface area contributed by atoms with Crippen molar-refractivity contribution in [2.24, 2.45) is 0 Å². The second-order valence-corrected chi connectivity index (χ2v) is 11.2. The molecule has 9 nitrogen and oxygen atoms in total. The largest absolute Gasteiger partial charge is 0.612 e. The van der Waals surface area contributed by atoms with E-state index in [4.69, 9.17) is 9.47 Å². The standard InChI is InChI=1S/C27H38N2O7S/c1-7-19-11-9-10-12-20(19)15-21(30)28-24-25(18(3)17-37(34)14-13-22(31)35-8-2)29(26(24)33)16-23(32)36-27(4,5)6/h9-12,17,24-25H,7-8,13-16H2,1-6H3,(H,28,30). The Bertz CT molecular complexity index is 1020. The van der Waals surface area contributed by atoms with Gasteiger partial charge in [-0.15, -0.1) is 0 Å². The molecule has 1 fully saturated rings. The number of β-lactam (4-membered cyclic amide) rings is 1. The molecule has 0 bridgehead atoms. The third-order valence-electron chi connectivity index (χ3n) is 5.68. The summed E-state index contributed by atoms with van der Waals surface area (Å²) in [5.74, 6) is -1.70. The molecule has 10 heteroatoms. The van der Waals surface area contributed by atoms with E-state index in [2.05, 4.69) is 5.32 Å². The number of carbonyl (C=O) groups is 4. The lowest BCUT2D eigenvalue weighted by molar-refractivity contribution is -0.166. The van der Waals surface area contributed by atoms with Gasteiger partial charge in [-0.1, -0.05) is 31.2 Å². The fraction of sp³-hybridized carbons (Fsp3) is 0.556. The first kappa shape index (κ1) is 30.4. The molecule has 3 unspecified atom stereocenters. The minimum atomic E-state index is -1.51. The van der Waals surface area contributed by atoms with Crippen LogP contribution in [0.1, 0.15) is 59.1 Å². The Kier molecular flexibility index (Phi) is 11.2. The van der Waals surface area contributed by atoms with Gasteiger partial charge < -0.3 is 24.2 Å². The fourth-order valence-electron chi connectivity index (χ4n) is 4.11. The van der Waals surface area contributed by atoms with E-state index in [1.165, 1.54) is 10.3 Å². The number of likely N-dealkylation sites (tertiary alicyclic amines) is 1. The van der Waals surface area contributed by atoms with E-state index in [0.29, 0.717) is 5.57 Å². The van der Waals surface area contributed by atoms with Crippen molar-refractivity contribution in [2.45, 2.75) is 78.5 Å². The molecule has 1 aliphatic heterocycles. The van der Waals surface area contributed by atoms with Gasteiger partial charge in [0.1, 0.15) is 29.3 Å². The zero-order chi connectivity index (χ0) is 27.8. The molecule has 1 heterocycles. The first-order valence-corrected chi connectivity index (χ1v) is 13.8. The highest BCUT2D eigenvalue weighted by Crippen LogP contribution is 2.28. The molecule has 0 aliphatic carbocycles. The second kappa shape index (κ2) is 13.6. The summed E-state index contributed by atoms with van der Waals surface area (Å²) in [4.78, 5) is 51.2. The highest BCUT2D eigenvalue weighted by Gasteiger charge is 2.50. The zero-order valence-corrected chi connectivity index (χ0v) is 23.3. The van der Waals surface area contributed by atoms with Crippen LogP contribution in [0.3, 0.4) is 0 Å². The molecular formula is C27H38N2O7S.